The lowest BCUT2D eigenvalue weighted by atomic mass is 10.1. The zero-order valence-corrected chi connectivity index (χ0v) is 11.7. The minimum atomic E-state index is -0.668. The van der Waals surface area contributed by atoms with Crippen molar-refractivity contribution in [2.75, 3.05) is 5.32 Å². The summed E-state index contributed by atoms with van der Waals surface area (Å²) < 4.78 is 27.7. The van der Waals surface area contributed by atoms with Crippen molar-refractivity contribution in [1.29, 1.82) is 0 Å². The van der Waals surface area contributed by atoms with Gasteiger partial charge in [-0.3, -0.25) is 0 Å². The van der Waals surface area contributed by atoms with Gasteiger partial charge in [0.1, 0.15) is 23.1 Å². The lowest BCUT2D eigenvalue weighted by Crippen LogP contribution is -2.09. The molecule has 0 fully saturated rings. The van der Waals surface area contributed by atoms with Gasteiger partial charge in [-0.1, -0.05) is 28.1 Å². The number of halogens is 3. The molecular formula is C14H12BrF2NO. The molecule has 0 aliphatic rings. The Hall–Kier alpha value is -1.62. The van der Waals surface area contributed by atoms with E-state index in [1.54, 1.807) is 25.1 Å². The van der Waals surface area contributed by atoms with Gasteiger partial charge in [0.2, 0.25) is 0 Å². The van der Waals surface area contributed by atoms with E-state index in [1.807, 2.05) is 0 Å². The quantitative estimate of drug-likeness (QED) is 0.863. The van der Waals surface area contributed by atoms with Crippen molar-refractivity contribution >= 4 is 21.6 Å². The van der Waals surface area contributed by atoms with Crippen LogP contribution >= 0.6 is 15.9 Å². The van der Waals surface area contributed by atoms with E-state index in [2.05, 4.69) is 21.2 Å². The standard InChI is InChI=1S/C14H12BrF2NO/c1-8(9-3-2-4-11(19)5-9)18-14-12(16)6-10(15)7-13(14)17/h2-8,18-19H,1H3. The molecule has 0 amide bonds. The van der Waals surface area contributed by atoms with Crippen molar-refractivity contribution in [2.24, 2.45) is 0 Å². The molecule has 19 heavy (non-hydrogen) atoms. The van der Waals surface area contributed by atoms with E-state index in [4.69, 9.17) is 0 Å². The normalized spacial score (nSPS) is 12.2. The lowest BCUT2D eigenvalue weighted by Gasteiger charge is -2.17. The molecule has 0 spiro atoms. The van der Waals surface area contributed by atoms with Crippen molar-refractivity contribution in [2.45, 2.75) is 13.0 Å². The molecule has 0 bridgehead atoms. The van der Waals surface area contributed by atoms with Crippen LogP contribution in [0.15, 0.2) is 40.9 Å². The summed E-state index contributed by atoms with van der Waals surface area (Å²) in [4.78, 5) is 0. The second-order valence-corrected chi connectivity index (χ2v) is 5.12. The van der Waals surface area contributed by atoms with Crippen molar-refractivity contribution < 1.29 is 13.9 Å². The smallest absolute Gasteiger partial charge is 0.150 e. The molecule has 2 aromatic rings. The van der Waals surface area contributed by atoms with Crippen molar-refractivity contribution in [3.05, 3.63) is 58.1 Å². The summed E-state index contributed by atoms with van der Waals surface area (Å²) in [6.07, 6.45) is 0. The molecule has 0 aliphatic carbocycles. The Labute approximate surface area is 118 Å². The first kappa shape index (κ1) is 13.8. The first-order chi connectivity index (χ1) is 8.97. The van der Waals surface area contributed by atoms with Crippen molar-refractivity contribution in [1.82, 2.24) is 0 Å². The van der Waals surface area contributed by atoms with Crippen LogP contribution in [-0.2, 0) is 0 Å². The topological polar surface area (TPSA) is 32.3 Å². The summed E-state index contributed by atoms with van der Waals surface area (Å²) in [6, 6.07) is 8.59. The Morgan fingerprint density at radius 1 is 1.16 bits per heavy atom. The van der Waals surface area contributed by atoms with E-state index in [0.29, 0.717) is 4.47 Å². The van der Waals surface area contributed by atoms with Gasteiger partial charge in [-0.2, -0.15) is 0 Å². The minimum Gasteiger partial charge on any atom is -0.508 e. The number of aromatic hydroxyl groups is 1. The summed E-state index contributed by atoms with van der Waals surface area (Å²) in [5.74, 6) is -1.22. The Balaban J connectivity index is 2.26. The Morgan fingerprint density at radius 2 is 1.79 bits per heavy atom. The van der Waals surface area contributed by atoms with Crippen molar-refractivity contribution in [3.63, 3.8) is 0 Å². The van der Waals surface area contributed by atoms with Gasteiger partial charge in [-0.25, -0.2) is 8.78 Å². The zero-order chi connectivity index (χ0) is 14.0. The number of hydrogen-bond acceptors (Lipinski definition) is 2. The lowest BCUT2D eigenvalue weighted by molar-refractivity contribution is 0.474. The van der Waals surface area contributed by atoms with Crippen LogP contribution < -0.4 is 5.32 Å². The van der Waals surface area contributed by atoms with Crippen molar-refractivity contribution in [3.8, 4) is 5.75 Å². The van der Waals surface area contributed by atoms with E-state index in [1.165, 1.54) is 18.2 Å². The fourth-order valence-electron chi connectivity index (χ4n) is 1.77. The predicted octanol–water partition coefficient (Wildman–Crippen LogP) is 4.61. The maximum Gasteiger partial charge on any atom is 0.150 e. The number of phenolic OH excluding ortho intramolecular Hbond substituents is 1. The van der Waals surface area contributed by atoms with Crippen LogP contribution in [0.25, 0.3) is 0 Å². The molecule has 0 saturated carbocycles. The molecule has 2 rings (SSSR count). The zero-order valence-electron chi connectivity index (χ0n) is 10.1. The van der Waals surface area contributed by atoms with Gasteiger partial charge >= 0.3 is 0 Å². The first-order valence-corrected chi connectivity index (χ1v) is 6.46. The fourth-order valence-corrected chi connectivity index (χ4v) is 2.18. The summed E-state index contributed by atoms with van der Waals surface area (Å²) in [5, 5.41) is 12.2. The Bertz CT molecular complexity index is 581. The summed E-state index contributed by atoms with van der Waals surface area (Å²) in [5.41, 5.74) is 0.556. The van der Waals surface area contributed by atoms with E-state index in [0.717, 1.165) is 5.56 Å². The summed E-state index contributed by atoms with van der Waals surface area (Å²) >= 11 is 3.03. The van der Waals surface area contributed by atoms with Crippen LogP contribution in [0.2, 0.25) is 0 Å². The van der Waals surface area contributed by atoms with Crippen LogP contribution in [0, 0.1) is 11.6 Å². The van der Waals surface area contributed by atoms with E-state index in [-0.39, 0.29) is 17.5 Å². The summed E-state index contributed by atoms with van der Waals surface area (Å²) in [6.45, 7) is 1.76. The Morgan fingerprint density at radius 3 is 2.37 bits per heavy atom. The molecule has 0 aromatic heterocycles. The van der Waals surface area contributed by atoms with Gasteiger partial charge in [-0.05, 0) is 36.8 Å². The second-order valence-electron chi connectivity index (χ2n) is 4.21. The summed E-state index contributed by atoms with van der Waals surface area (Å²) in [7, 11) is 0. The average Bonchev–Trinajstić information content (AvgIpc) is 2.33. The molecule has 0 heterocycles. The molecule has 2 nitrogen and oxygen atoms in total. The van der Waals surface area contributed by atoms with E-state index >= 15 is 0 Å². The molecule has 1 unspecified atom stereocenters. The fraction of sp³-hybridized carbons (Fsp3) is 0.143. The number of phenols is 1. The van der Waals surface area contributed by atoms with Crippen LogP contribution in [0.1, 0.15) is 18.5 Å². The van der Waals surface area contributed by atoms with E-state index < -0.39 is 11.6 Å². The SMILES string of the molecule is CC(Nc1c(F)cc(Br)cc1F)c1cccc(O)c1. The maximum atomic E-state index is 13.7. The molecule has 0 radical (unpaired) electrons. The Kier molecular flexibility index (Phi) is 4.04. The highest BCUT2D eigenvalue weighted by molar-refractivity contribution is 9.10. The van der Waals surface area contributed by atoms with Gasteiger partial charge in [0.15, 0.2) is 0 Å². The largest absolute Gasteiger partial charge is 0.508 e. The second kappa shape index (κ2) is 5.57. The molecular weight excluding hydrogens is 316 g/mol. The van der Waals surface area contributed by atoms with Crippen LogP contribution in [-0.4, -0.2) is 5.11 Å². The van der Waals surface area contributed by atoms with Gasteiger partial charge in [0.05, 0.1) is 0 Å². The van der Waals surface area contributed by atoms with Gasteiger partial charge in [0, 0.05) is 10.5 Å². The van der Waals surface area contributed by atoms with Crippen LogP contribution in [0.3, 0.4) is 0 Å². The predicted molar refractivity (Wildman–Crippen MR) is 74.2 cm³/mol. The average molecular weight is 328 g/mol. The number of rotatable bonds is 3. The van der Waals surface area contributed by atoms with E-state index in [9.17, 15) is 13.9 Å². The molecule has 0 aliphatic heterocycles. The maximum absolute atomic E-state index is 13.7. The van der Waals surface area contributed by atoms with Gasteiger partial charge in [0.25, 0.3) is 0 Å². The molecule has 1 atom stereocenters. The number of hydrogen-bond donors (Lipinski definition) is 2. The van der Waals surface area contributed by atoms with Gasteiger partial charge < -0.3 is 10.4 Å². The molecule has 0 saturated heterocycles. The molecule has 5 heteroatoms. The molecule has 2 aromatic carbocycles. The van der Waals surface area contributed by atoms with Gasteiger partial charge in [-0.15, -0.1) is 0 Å². The number of benzene rings is 2. The number of anilines is 1. The van der Waals surface area contributed by atoms with Crippen LogP contribution in [0.4, 0.5) is 14.5 Å². The minimum absolute atomic E-state index is 0.114. The third-order valence-electron chi connectivity index (χ3n) is 2.74. The monoisotopic (exact) mass is 327 g/mol. The molecule has 100 valence electrons. The molecule has 2 N–H and O–H groups in total. The number of nitrogens with one attached hydrogen (secondary N) is 1. The third kappa shape index (κ3) is 3.23. The highest BCUT2D eigenvalue weighted by Crippen LogP contribution is 2.28. The highest BCUT2D eigenvalue weighted by Gasteiger charge is 2.14. The highest BCUT2D eigenvalue weighted by atomic mass is 79.9. The first-order valence-electron chi connectivity index (χ1n) is 5.67. The third-order valence-corrected chi connectivity index (χ3v) is 3.20. The van der Waals surface area contributed by atoms with Crippen LogP contribution in [0.5, 0.6) is 5.75 Å².